The van der Waals surface area contributed by atoms with Crippen molar-refractivity contribution < 1.29 is 9.53 Å². The van der Waals surface area contributed by atoms with Crippen LogP contribution in [0.4, 0.5) is 0 Å². The lowest BCUT2D eigenvalue weighted by atomic mass is 10.0. The van der Waals surface area contributed by atoms with Crippen molar-refractivity contribution in [3.05, 3.63) is 35.9 Å². The lowest BCUT2D eigenvalue weighted by Gasteiger charge is -2.41. The fraction of sp³-hybridized carbons (Fsp3) is 0.533. The van der Waals surface area contributed by atoms with Crippen LogP contribution in [0.3, 0.4) is 0 Å². The Morgan fingerprint density at radius 1 is 1.40 bits per heavy atom. The molecule has 0 saturated carbocycles. The van der Waals surface area contributed by atoms with Crippen molar-refractivity contribution in [1.82, 2.24) is 9.80 Å². The first kappa shape index (κ1) is 15.0. The molecule has 1 aromatic carbocycles. The molecule has 0 spiro atoms. The minimum Gasteiger partial charge on any atom is -0.468 e. The predicted molar refractivity (Wildman–Crippen MR) is 78.2 cm³/mol. The third kappa shape index (κ3) is 3.56. The highest BCUT2D eigenvalue weighted by atomic mass is 16.5. The number of piperazine rings is 1. The second-order valence-corrected chi connectivity index (χ2v) is 5.31. The van der Waals surface area contributed by atoms with Crippen molar-refractivity contribution in [3.8, 4) is 0 Å². The van der Waals surface area contributed by atoms with Crippen LogP contribution >= 0.6 is 0 Å². The van der Waals surface area contributed by atoms with Crippen LogP contribution in [0, 0.1) is 0 Å². The zero-order valence-corrected chi connectivity index (χ0v) is 12.2. The second-order valence-electron chi connectivity index (χ2n) is 5.31. The fourth-order valence-corrected chi connectivity index (χ4v) is 2.65. The number of benzene rings is 1. The van der Waals surface area contributed by atoms with Gasteiger partial charge in [-0.1, -0.05) is 30.3 Å². The van der Waals surface area contributed by atoms with Gasteiger partial charge in [0.25, 0.3) is 0 Å². The van der Waals surface area contributed by atoms with Gasteiger partial charge in [0.2, 0.25) is 0 Å². The molecule has 2 unspecified atom stereocenters. The molecule has 110 valence electrons. The molecule has 1 heterocycles. The molecule has 1 saturated heterocycles. The van der Waals surface area contributed by atoms with Crippen molar-refractivity contribution in [1.29, 1.82) is 0 Å². The Kier molecular flexibility index (Phi) is 5.11. The number of carbonyl (C=O) groups excluding carboxylic acids is 1. The summed E-state index contributed by atoms with van der Waals surface area (Å²) < 4.78 is 4.71. The highest BCUT2D eigenvalue weighted by molar-refractivity contribution is 5.75. The van der Waals surface area contributed by atoms with Crippen molar-refractivity contribution >= 4 is 5.97 Å². The van der Waals surface area contributed by atoms with E-state index in [9.17, 15) is 4.79 Å². The zero-order valence-electron chi connectivity index (χ0n) is 12.2. The number of likely N-dealkylation sites (N-methyl/N-ethyl adjacent to an activating group) is 1. The molecule has 1 fully saturated rings. The number of nitrogens with two attached hydrogens (primary N) is 1. The first-order valence-corrected chi connectivity index (χ1v) is 6.92. The van der Waals surface area contributed by atoms with E-state index in [1.165, 1.54) is 12.7 Å². The highest BCUT2D eigenvalue weighted by Gasteiger charge is 2.29. The molecule has 2 atom stereocenters. The number of esters is 1. The number of hydrogen-bond acceptors (Lipinski definition) is 5. The maximum absolute atomic E-state index is 11.5. The van der Waals surface area contributed by atoms with Gasteiger partial charge in [0.05, 0.1) is 7.11 Å². The molecule has 1 aliphatic rings. The van der Waals surface area contributed by atoms with E-state index in [1.807, 2.05) is 18.2 Å². The Balaban J connectivity index is 2.10. The largest absolute Gasteiger partial charge is 0.468 e. The summed E-state index contributed by atoms with van der Waals surface area (Å²) in [6, 6.07) is 10.0. The van der Waals surface area contributed by atoms with E-state index >= 15 is 0 Å². The lowest BCUT2D eigenvalue weighted by molar-refractivity contribution is -0.143. The first-order valence-electron chi connectivity index (χ1n) is 6.92. The van der Waals surface area contributed by atoms with Crippen LogP contribution in [-0.2, 0) is 9.53 Å². The van der Waals surface area contributed by atoms with Gasteiger partial charge in [0.1, 0.15) is 6.04 Å². The molecule has 20 heavy (non-hydrogen) atoms. The lowest BCUT2D eigenvalue weighted by Crippen LogP contribution is -2.52. The van der Waals surface area contributed by atoms with Crippen LogP contribution in [0.1, 0.15) is 11.6 Å². The summed E-state index contributed by atoms with van der Waals surface area (Å²) >= 11 is 0. The van der Waals surface area contributed by atoms with E-state index in [0.29, 0.717) is 6.54 Å². The van der Waals surface area contributed by atoms with E-state index in [0.717, 1.165) is 19.6 Å². The van der Waals surface area contributed by atoms with Gasteiger partial charge in [0.15, 0.2) is 0 Å². The highest BCUT2D eigenvalue weighted by Crippen LogP contribution is 2.24. The van der Waals surface area contributed by atoms with Gasteiger partial charge < -0.3 is 15.4 Å². The third-order valence-corrected chi connectivity index (χ3v) is 3.81. The van der Waals surface area contributed by atoms with Crippen molar-refractivity contribution in [2.24, 2.45) is 5.73 Å². The van der Waals surface area contributed by atoms with Crippen LogP contribution in [0.2, 0.25) is 0 Å². The number of hydrogen-bond donors (Lipinski definition) is 1. The summed E-state index contributed by atoms with van der Waals surface area (Å²) in [7, 11) is 3.49. The first-order chi connectivity index (χ1) is 9.61. The smallest absolute Gasteiger partial charge is 0.323 e. The number of rotatable bonds is 4. The molecule has 1 aliphatic heterocycles. The van der Waals surface area contributed by atoms with Crippen LogP contribution < -0.4 is 5.73 Å². The predicted octanol–water partition coefficient (Wildman–Crippen LogP) is 0.475. The summed E-state index contributed by atoms with van der Waals surface area (Å²) in [5.41, 5.74) is 7.16. The molecule has 1 aromatic rings. The number of carbonyl (C=O) groups is 1. The van der Waals surface area contributed by atoms with Gasteiger partial charge in [0, 0.05) is 32.2 Å². The topological polar surface area (TPSA) is 58.8 Å². The summed E-state index contributed by atoms with van der Waals surface area (Å²) in [5.74, 6) is -0.351. The Morgan fingerprint density at radius 3 is 2.75 bits per heavy atom. The minimum absolute atomic E-state index is 0.269. The van der Waals surface area contributed by atoms with Crippen LogP contribution in [0.5, 0.6) is 0 Å². The van der Waals surface area contributed by atoms with E-state index < -0.39 is 6.04 Å². The maximum atomic E-state index is 11.5. The van der Waals surface area contributed by atoms with Crippen molar-refractivity contribution in [2.75, 3.05) is 40.3 Å². The average Bonchev–Trinajstić information content (AvgIpc) is 2.49. The Morgan fingerprint density at radius 2 is 2.10 bits per heavy atom. The van der Waals surface area contributed by atoms with Gasteiger partial charge >= 0.3 is 5.97 Å². The van der Waals surface area contributed by atoms with E-state index in [1.54, 1.807) is 0 Å². The Hall–Kier alpha value is -1.43. The molecule has 5 heteroatoms. The van der Waals surface area contributed by atoms with Gasteiger partial charge in [-0.15, -0.1) is 0 Å². The van der Waals surface area contributed by atoms with Crippen LogP contribution in [0.25, 0.3) is 0 Å². The summed E-state index contributed by atoms with van der Waals surface area (Å²) in [6.07, 6.45) is 0. The standard InChI is InChI=1S/C15H23N3O2/c1-17-8-9-18(10-13(16)15(19)20-2)14(11-17)12-6-4-3-5-7-12/h3-7,13-14H,8-11,16H2,1-2H3. The molecule has 0 radical (unpaired) electrons. The Labute approximate surface area is 120 Å². The molecular weight excluding hydrogens is 254 g/mol. The number of ether oxygens (including phenoxy) is 1. The SMILES string of the molecule is COC(=O)C(N)CN1CCN(C)CC1c1ccccc1. The quantitative estimate of drug-likeness (QED) is 0.811. The van der Waals surface area contributed by atoms with E-state index in [-0.39, 0.29) is 12.0 Å². The summed E-state index contributed by atoms with van der Waals surface area (Å²) in [5, 5.41) is 0. The third-order valence-electron chi connectivity index (χ3n) is 3.81. The minimum atomic E-state index is -0.588. The molecule has 0 aromatic heterocycles. The van der Waals surface area contributed by atoms with Gasteiger partial charge in [-0.2, -0.15) is 0 Å². The number of methoxy groups -OCH3 is 1. The van der Waals surface area contributed by atoms with Crippen molar-refractivity contribution in [3.63, 3.8) is 0 Å². The van der Waals surface area contributed by atoms with Gasteiger partial charge in [-0.3, -0.25) is 9.69 Å². The fourth-order valence-electron chi connectivity index (χ4n) is 2.65. The summed E-state index contributed by atoms with van der Waals surface area (Å²) in [4.78, 5) is 16.1. The van der Waals surface area contributed by atoms with Crippen LogP contribution in [0.15, 0.2) is 30.3 Å². The molecule has 2 rings (SSSR count). The normalized spacial score (nSPS) is 22.4. The Bertz CT molecular complexity index is 438. The zero-order chi connectivity index (χ0) is 14.5. The molecule has 0 aliphatic carbocycles. The monoisotopic (exact) mass is 277 g/mol. The number of nitrogens with zero attached hydrogens (tertiary/aromatic N) is 2. The van der Waals surface area contributed by atoms with Gasteiger partial charge in [-0.25, -0.2) is 0 Å². The summed E-state index contributed by atoms with van der Waals surface area (Å²) in [6.45, 7) is 3.36. The average molecular weight is 277 g/mol. The van der Waals surface area contributed by atoms with Crippen LogP contribution in [-0.4, -0.2) is 62.1 Å². The maximum Gasteiger partial charge on any atom is 0.323 e. The van der Waals surface area contributed by atoms with Crippen molar-refractivity contribution in [2.45, 2.75) is 12.1 Å². The molecular formula is C15H23N3O2. The van der Waals surface area contributed by atoms with E-state index in [2.05, 4.69) is 29.0 Å². The van der Waals surface area contributed by atoms with E-state index in [4.69, 9.17) is 10.5 Å². The molecule has 0 bridgehead atoms. The molecule has 2 N–H and O–H groups in total. The van der Waals surface area contributed by atoms with Gasteiger partial charge in [-0.05, 0) is 12.6 Å². The second kappa shape index (κ2) is 6.83. The molecule has 5 nitrogen and oxygen atoms in total. The molecule has 0 amide bonds.